The highest BCUT2D eigenvalue weighted by Crippen LogP contribution is 2.22. The molecule has 3 rings (SSSR count). The maximum Gasteiger partial charge on any atom is 0.322 e. The third-order valence-electron chi connectivity index (χ3n) is 3.14. The summed E-state index contributed by atoms with van der Waals surface area (Å²) in [5, 5.41) is 10.2. The molecule has 0 saturated carbocycles. The van der Waals surface area contributed by atoms with Crippen molar-refractivity contribution in [2.75, 3.05) is 5.32 Å². The topological polar surface area (TPSA) is 81.2 Å². The Kier molecular flexibility index (Phi) is 3.27. The van der Waals surface area contributed by atoms with Gasteiger partial charge in [0.2, 0.25) is 5.89 Å². The second-order valence-corrected chi connectivity index (χ2v) is 4.64. The molecule has 21 heavy (non-hydrogen) atoms. The molecule has 1 N–H and O–H groups in total. The second kappa shape index (κ2) is 5.24. The van der Waals surface area contributed by atoms with Gasteiger partial charge in [0.25, 0.3) is 5.91 Å². The molecular formula is C15H13N3O3. The molecule has 0 radical (unpaired) electrons. The van der Waals surface area contributed by atoms with E-state index in [2.05, 4.69) is 15.5 Å². The number of nitrogens with one attached hydrogen (secondary N) is 1. The molecule has 3 aromatic rings. The summed E-state index contributed by atoms with van der Waals surface area (Å²) in [5.41, 5.74) is 3.13. The Hall–Kier alpha value is -2.89. The quantitative estimate of drug-likeness (QED) is 0.798. The second-order valence-electron chi connectivity index (χ2n) is 4.64. The Labute approximate surface area is 120 Å². The highest BCUT2D eigenvalue weighted by atomic mass is 16.4. The van der Waals surface area contributed by atoms with Gasteiger partial charge in [-0.15, -0.1) is 5.10 Å². The van der Waals surface area contributed by atoms with E-state index in [1.165, 1.54) is 11.8 Å². The molecule has 0 bridgehead atoms. The molecular weight excluding hydrogens is 270 g/mol. The van der Waals surface area contributed by atoms with E-state index in [1.54, 1.807) is 12.1 Å². The number of benzene rings is 1. The molecule has 0 aliphatic heterocycles. The third kappa shape index (κ3) is 2.69. The monoisotopic (exact) mass is 283 g/mol. The number of aryl methyl sites for hydroxylation is 2. The number of nitrogens with zero attached hydrogens (tertiary/aromatic N) is 2. The highest BCUT2D eigenvalue weighted by Gasteiger charge is 2.14. The van der Waals surface area contributed by atoms with Crippen LogP contribution in [0, 0.1) is 13.8 Å². The number of aromatic nitrogens is 2. The Balaban J connectivity index is 1.80. The molecule has 0 spiro atoms. The van der Waals surface area contributed by atoms with Crippen LogP contribution in [-0.2, 0) is 0 Å². The van der Waals surface area contributed by atoms with E-state index in [-0.39, 0.29) is 11.8 Å². The summed E-state index contributed by atoms with van der Waals surface area (Å²) < 4.78 is 10.4. The van der Waals surface area contributed by atoms with E-state index in [0.29, 0.717) is 5.89 Å². The molecule has 106 valence electrons. The van der Waals surface area contributed by atoms with Crippen molar-refractivity contribution >= 4 is 11.9 Å². The van der Waals surface area contributed by atoms with Crippen molar-refractivity contribution < 1.29 is 13.6 Å². The maximum atomic E-state index is 11.8. The van der Waals surface area contributed by atoms with E-state index in [1.807, 2.05) is 32.0 Å². The molecule has 0 atom stereocenters. The van der Waals surface area contributed by atoms with Crippen molar-refractivity contribution in [3.63, 3.8) is 0 Å². The van der Waals surface area contributed by atoms with Crippen LogP contribution in [0.2, 0.25) is 0 Å². The molecule has 0 unspecified atom stereocenters. The standard InChI is InChI=1S/C15H13N3O3/c1-9-5-6-11(8-10(9)2)14-17-18-15(21-14)16-13(19)12-4-3-7-20-12/h3-8H,1-2H3,(H,16,18,19). The molecule has 0 fully saturated rings. The lowest BCUT2D eigenvalue weighted by Gasteiger charge is -2.01. The molecule has 0 saturated heterocycles. The van der Waals surface area contributed by atoms with E-state index >= 15 is 0 Å². The van der Waals surface area contributed by atoms with E-state index in [4.69, 9.17) is 8.83 Å². The Morgan fingerprint density at radius 2 is 2.00 bits per heavy atom. The minimum Gasteiger partial charge on any atom is -0.459 e. The molecule has 6 nitrogen and oxygen atoms in total. The number of hydrogen-bond donors (Lipinski definition) is 1. The van der Waals surface area contributed by atoms with Gasteiger partial charge >= 0.3 is 6.01 Å². The Bertz CT molecular complexity index is 775. The normalized spacial score (nSPS) is 10.6. The van der Waals surface area contributed by atoms with Crippen LogP contribution in [0.5, 0.6) is 0 Å². The zero-order valence-electron chi connectivity index (χ0n) is 11.6. The lowest BCUT2D eigenvalue weighted by atomic mass is 10.1. The van der Waals surface area contributed by atoms with Crippen LogP contribution in [0.4, 0.5) is 6.01 Å². The third-order valence-corrected chi connectivity index (χ3v) is 3.14. The van der Waals surface area contributed by atoms with Gasteiger partial charge in [-0.25, -0.2) is 0 Å². The minimum absolute atomic E-state index is 0.0321. The van der Waals surface area contributed by atoms with Crippen molar-refractivity contribution in [1.82, 2.24) is 10.2 Å². The number of anilines is 1. The van der Waals surface area contributed by atoms with Gasteiger partial charge in [-0.1, -0.05) is 11.2 Å². The lowest BCUT2D eigenvalue weighted by Crippen LogP contribution is -2.10. The number of rotatable bonds is 3. The largest absolute Gasteiger partial charge is 0.459 e. The Morgan fingerprint density at radius 3 is 2.71 bits per heavy atom. The van der Waals surface area contributed by atoms with Gasteiger partial charge in [0.15, 0.2) is 5.76 Å². The van der Waals surface area contributed by atoms with Crippen LogP contribution >= 0.6 is 0 Å². The predicted molar refractivity (Wildman–Crippen MR) is 75.9 cm³/mol. The predicted octanol–water partition coefficient (Wildman–Crippen LogP) is 3.20. The summed E-state index contributed by atoms with van der Waals surface area (Å²) in [4.78, 5) is 11.8. The van der Waals surface area contributed by atoms with Crippen LogP contribution in [0.25, 0.3) is 11.5 Å². The summed E-state index contributed by atoms with van der Waals surface area (Å²) in [6.07, 6.45) is 1.42. The average Bonchev–Trinajstić information content (AvgIpc) is 3.12. The Morgan fingerprint density at radius 1 is 1.14 bits per heavy atom. The lowest BCUT2D eigenvalue weighted by molar-refractivity contribution is 0.0994. The van der Waals surface area contributed by atoms with E-state index < -0.39 is 5.91 Å². The molecule has 6 heteroatoms. The summed E-state index contributed by atoms with van der Waals surface area (Å²) in [7, 11) is 0. The zero-order valence-corrected chi connectivity index (χ0v) is 11.6. The van der Waals surface area contributed by atoms with E-state index in [0.717, 1.165) is 11.1 Å². The maximum absolute atomic E-state index is 11.8. The van der Waals surface area contributed by atoms with Gasteiger partial charge in [0.05, 0.1) is 6.26 Å². The van der Waals surface area contributed by atoms with Gasteiger partial charge in [0.1, 0.15) is 0 Å². The number of amides is 1. The highest BCUT2D eigenvalue weighted by molar-refractivity contribution is 6.00. The number of carbonyl (C=O) groups is 1. The van der Waals surface area contributed by atoms with Crippen LogP contribution in [-0.4, -0.2) is 16.1 Å². The van der Waals surface area contributed by atoms with Crippen molar-refractivity contribution in [2.24, 2.45) is 0 Å². The van der Waals surface area contributed by atoms with Gasteiger partial charge in [-0.3, -0.25) is 10.1 Å². The molecule has 0 aliphatic carbocycles. The fraction of sp³-hybridized carbons (Fsp3) is 0.133. The fourth-order valence-corrected chi connectivity index (χ4v) is 1.83. The van der Waals surface area contributed by atoms with Gasteiger partial charge < -0.3 is 8.83 Å². The number of hydrogen-bond acceptors (Lipinski definition) is 5. The fourth-order valence-electron chi connectivity index (χ4n) is 1.83. The summed E-state index contributed by atoms with van der Waals surface area (Å²) in [6, 6.07) is 9.05. The van der Waals surface area contributed by atoms with Crippen molar-refractivity contribution in [2.45, 2.75) is 13.8 Å². The molecule has 2 aromatic heterocycles. The first-order valence-corrected chi connectivity index (χ1v) is 6.39. The van der Waals surface area contributed by atoms with E-state index in [9.17, 15) is 4.79 Å². The van der Waals surface area contributed by atoms with Crippen molar-refractivity contribution in [1.29, 1.82) is 0 Å². The van der Waals surface area contributed by atoms with Crippen LogP contribution in [0.3, 0.4) is 0 Å². The average molecular weight is 283 g/mol. The molecule has 1 amide bonds. The molecule has 1 aromatic carbocycles. The first-order valence-electron chi connectivity index (χ1n) is 6.39. The van der Waals surface area contributed by atoms with Crippen molar-refractivity contribution in [3.05, 3.63) is 53.5 Å². The van der Waals surface area contributed by atoms with Crippen LogP contribution < -0.4 is 5.32 Å². The smallest absolute Gasteiger partial charge is 0.322 e. The van der Waals surface area contributed by atoms with Crippen LogP contribution in [0.15, 0.2) is 45.4 Å². The molecule has 2 heterocycles. The zero-order chi connectivity index (χ0) is 14.8. The summed E-state index contributed by atoms with van der Waals surface area (Å²) in [6.45, 7) is 4.04. The first kappa shape index (κ1) is 13.1. The SMILES string of the molecule is Cc1ccc(-c2nnc(NC(=O)c3ccco3)o2)cc1C. The van der Waals surface area contributed by atoms with Crippen LogP contribution in [0.1, 0.15) is 21.7 Å². The molecule has 0 aliphatic rings. The summed E-state index contributed by atoms with van der Waals surface area (Å²) >= 11 is 0. The number of furan rings is 1. The minimum atomic E-state index is -0.435. The van der Waals surface area contributed by atoms with Gasteiger partial charge in [-0.2, -0.15) is 0 Å². The number of carbonyl (C=O) groups excluding carboxylic acids is 1. The first-order chi connectivity index (χ1) is 10.1. The van der Waals surface area contributed by atoms with Crippen molar-refractivity contribution in [3.8, 4) is 11.5 Å². The summed E-state index contributed by atoms with van der Waals surface area (Å²) in [5.74, 6) is 0.101. The van der Waals surface area contributed by atoms with Gasteiger partial charge in [-0.05, 0) is 49.2 Å². The van der Waals surface area contributed by atoms with Gasteiger partial charge in [0, 0.05) is 5.56 Å².